The number of amides is 2. The minimum atomic E-state index is -0.291. The maximum Gasteiger partial charge on any atom is 0.268 e. The molecule has 3 rings (SSSR count). The van der Waals surface area contributed by atoms with E-state index in [1.165, 1.54) is 16.7 Å². The molecule has 0 bridgehead atoms. The van der Waals surface area contributed by atoms with Crippen molar-refractivity contribution < 1.29 is 9.59 Å². The highest BCUT2D eigenvalue weighted by Gasteiger charge is 2.39. The molecule has 0 spiro atoms. The molecule has 1 aromatic carbocycles. The first-order chi connectivity index (χ1) is 12.0. The average molecular weight is 373 g/mol. The second-order valence-corrected chi connectivity index (χ2v) is 7.92. The van der Waals surface area contributed by atoms with Crippen LogP contribution in [0.15, 0.2) is 53.6 Å². The molecule has 0 saturated heterocycles. The number of pyridine rings is 1. The number of benzene rings is 1. The molecule has 1 aliphatic rings. The Morgan fingerprint density at radius 3 is 2.40 bits per heavy atom. The summed E-state index contributed by atoms with van der Waals surface area (Å²) in [5, 5.41) is 0.772. The summed E-state index contributed by atoms with van der Waals surface area (Å²) in [6.45, 7) is 4.16. The lowest BCUT2D eigenvalue weighted by molar-refractivity contribution is -0.137. The zero-order chi connectivity index (χ0) is 18.0. The van der Waals surface area contributed by atoms with Gasteiger partial charge < -0.3 is 0 Å². The molecule has 0 saturated carbocycles. The summed E-state index contributed by atoms with van der Waals surface area (Å²) in [5.74, 6) is -0.555. The van der Waals surface area contributed by atoms with Gasteiger partial charge >= 0.3 is 0 Å². The number of carbonyl (C=O) groups excluding carboxylic acids is 2. The third-order valence-electron chi connectivity index (χ3n) is 3.66. The van der Waals surface area contributed by atoms with Gasteiger partial charge in [-0.15, -0.1) is 11.8 Å². The topological polar surface area (TPSA) is 50.3 Å². The molecule has 4 nitrogen and oxygen atoms in total. The van der Waals surface area contributed by atoms with Crippen molar-refractivity contribution in [2.75, 3.05) is 0 Å². The Hall–Kier alpha value is -2.11. The number of rotatable bonds is 5. The zero-order valence-corrected chi connectivity index (χ0v) is 15.5. The van der Waals surface area contributed by atoms with E-state index in [2.05, 4.69) is 4.98 Å². The minimum Gasteiger partial charge on any atom is -0.269 e. The van der Waals surface area contributed by atoms with Gasteiger partial charge in [0.2, 0.25) is 0 Å². The summed E-state index contributed by atoms with van der Waals surface area (Å²) in [7, 11) is 0. The first kappa shape index (κ1) is 17.7. The summed E-state index contributed by atoms with van der Waals surface area (Å²) in [5.41, 5.74) is 1.82. The van der Waals surface area contributed by atoms with Crippen LogP contribution in [0.25, 0.3) is 5.57 Å². The molecule has 0 radical (unpaired) electrons. The Balaban J connectivity index is 1.99. The van der Waals surface area contributed by atoms with Gasteiger partial charge in [-0.3, -0.25) is 19.5 Å². The number of aromatic nitrogens is 1. The van der Waals surface area contributed by atoms with Crippen LogP contribution in [0, 0.1) is 0 Å². The number of nitrogens with zero attached hydrogens (tertiary/aromatic N) is 2. The third-order valence-corrected chi connectivity index (χ3v) is 5.00. The van der Waals surface area contributed by atoms with E-state index in [1.807, 2.05) is 19.9 Å². The van der Waals surface area contributed by atoms with Crippen molar-refractivity contribution in [2.45, 2.75) is 25.6 Å². The van der Waals surface area contributed by atoms with E-state index >= 15 is 0 Å². The molecule has 2 amide bonds. The van der Waals surface area contributed by atoms with E-state index in [4.69, 9.17) is 11.6 Å². The summed E-state index contributed by atoms with van der Waals surface area (Å²) in [6, 6.07) is 12.4. The lowest BCUT2D eigenvalue weighted by atomic mass is 10.1. The van der Waals surface area contributed by atoms with E-state index in [9.17, 15) is 9.59 Å². The van der Waals surface area contributed by atoms with Crippen molar-refractivity contribution in [3.63, 3.8) is 0 Å². The first-order valence-corrected chi connectivity index (χ1v) is 9.16. The molecule has 6 heteroatoms. The lowest BCUT2D eigenvalue weighted by Crippen LogP contribution is -2.31. The van der Waals surface area contributed by atoms with Crippen LogP contribution in [-0.2, 0) is 16.1 Å². The van der Waals surface area contributed by atoms with Crippen LogP contribution in [0.1, 0.15) is 25.1 Å². The van der Waals surface area contributed by atoms with Gasteiger partial charge in [0.1, 0.15) is 0 Å². The second kappa shape index (κ2) is 7.42. The lowest BCUT2D eigenvalue weighted by Gasteiger charge is -2.14. The van der Waals surface area contributed by atoms with Crippen LogP contribution in [0.5, 0.6) is 0 Å². The van der Waals surface area contributed by atoms with Crippen LogP contribution >= 0.6 is 23.4 Å². The van der Waals surface area contributed by atoms with Crippen molar-refractivity contribution in [2.24, 2.45) is 0 Å². The fraction of sp³-hybridized carbons (Fsp3) is 0.211. The van der Waals surface area contributed by atoms with E-state index in [0.29, 0.717) is 26.8 Å². The van der Waals surface area contributed by atoms with Gasteiger partial charge in [-0.05, 0) is 29.8 Å². The molecule has 0 aliphatic carbocycles. The molecule has 25 heavy (non-hydrogen) atoms. The molecule has 1 aromatic heterocycles. The highest BCUT2D eigenvalue weighted by molar-refractivity contribution is 8.04. The van der Waals surface area contributed by atoms with Crippen LogP contribution < -0.4 is 0 Å². The monoisotopic (exact) mass is 372 g/mol. The summed E-state index contributed by atoms with van der Waals surface area (Å²) in [4.78, 5) is 31.8. The van der Waals surface area contributed by atoms with E-state index in [1.54, 1.807) is 42.6 Å². The van der Waals surface area contributed by atoms with Gasteiger partial charge in [0.05, 0.1) is 22.7 Å². The fourth-order valence-electron chi connectivity index (χ4n) is 2.57. The normalized spacial score (nSPS) is 14.8. The maximum atomic E-state index is 13.0. The Morgan fingerprint density at radius 2 is 1.80 bits per heavy atom. The quantitative estimate of drug-likeness (QED) is 0.739. The van der Waals surface area contributed by atoms with Crippen molar-refractivity contribution in [3.05, 3.63) is 69.8 Å². The molecule has 1 aliphatic heterocycles. The Kier molecular flexibility index (Phi) is 5.25. The van der Waals surface area contributed by atoms with Gasteiger partial charge in [-0.1, -0.05) is 43.6 Å². The maximum absolute atomic E-state index is 13.0. The van der Waals surface area contributed by atoms with Crippen molar-refractivity contribution in [3.8, 4) is 0 Å². The minimum absolute atomic E-state index is 0.164. The van der Waals surface area contributed by atoms with Gasteiger partial charge in [-0.25, -0.2) is 0 Å². The number of halogens is 1. The predicted molar refractivity (Wildman–Crippen MR) is 101 cm³/mol. The predicted octanol–water partition coefficient (Wildman–Crippen LogP) is 4.16. The fourth-order valence-corrected chi connectivity index (χ4v) is 3.70. The van der Waals surface area contributed by atoms with Crippen molar-refractivity contribution in [1.29, 1.82) is 0 Å². The average Bonchev–Trinajstić information content (AvgIpc) is 2.81. The van der Waals surface area contributed by atoms with E-state index in [0.717, 1.165) is 0 Å². The number of hydrogen-bond acceptors (Lipinski definition) is 4. The zero-order valence-electron chi connectivity index (χ0n) is 13.9. The first-order valence-electron chi connectivity index (χ1n) is 7.90. The molecule has 2 heterocycles. The number of imide groups is 1. The molecule has 0 fully saturated rings. The Labute approximate surface area is 155 Å². The van der Waals surface area contributed by atoms with E-state index < -0.39 is 0 Å². The van der Waals surface area contributed by atoms with Crippen LogP contribution in [0.2, 0.25) is 5.02 Å². The summed E-state index contributed by atoms with van der Waals surface area (Å²) < 4.78 is 0. The second-order valence-electron chi connectivity index (χ2n) is 5.90. The number of hydrogen-bond donors (Lipinski definition) is 0. The smallest absolute Gasteiger partial charge is 0.268 e. The highest BCUT2D eigenvalue weighted by Crippen LogP contribution is 2.38. The van der Waals surface area contributed by atoms with Crippen LogP contribution in [0.3, 0.4) is 0 Å². The van der Waals surface area contributed by atoms with Crippen molar-refractivity contribution >= 4 is 40.8 Å². The molecule has 0 N–H and O–H groups in total. The standard InChI is InChI=1S/C19H17ClN2O2S/c1-12(2)25-17-16(13-6-8-14(20)9-7-13)18(23)22(19(17)24)11-15-5-3-4-10-21-15/h3-10,12H,11H2,1-2H3. The number of thioether (sulfide) groups is 1. The molecule has 128 valence electrons. The molecular formula is C19H17ClN2O2S. The van der Waals surface area contributed by atoms with Gasteiger partial charge in [0.15, 0.2) is 0 Å². The number of carbonyl (C=O) groups is 2. The Morgan fingerprint density at radius 1 is 1.08 bits per heavy atom. The molecule has 0 unspecified atom stereocenters. The molecule has 2 aromatic rings. The Bertz CT molecular complexity index is 832. The van der Waals surface area contributed by atoms with Crippen LogP contribution in [0.4, 0.5) is 0 Å². The van der Waals surface area contributed by atoms with Crippen LogP contribution in [-0.4, -0.2) is 26.9 Å². The highest BCUT2D eigenvalue weighted by atomic mass is 35.5. The van der Waals surface area contributed by atoms with Gasteiger partial charge in [0.25, 0.3) is 11.8 Å². The summed E-state index contributed by atoms with van der Waals surface area (Å²) in [6.07, 6.45) is 1.65. The van der Waals surface area contributed by atoms with E-state index in [-0.39, 0.29) is 23.6 Å². The SMILES string of the molecule is CC(C)SC1=C(c2ccc(Cl)cc2)C(=O)N(Cc2ccccn2)C1=O. The van der Waals surface area contributed by atoms with Gasteiger partial charge in [-0.2, -0.15) is 0 Å². The summed E-state index contributed by atoms with van der Waals surface area (Å²) >= 11 is 7.36. The third kappa shape index (κ3) is 3.78. The van der Waals surface area contributed by atoms with Crippen molar-refractivity contribution in [1.82, 2.24) is 9.88 Å². The molecule has 0 atom stereocenters. The van der Waals surface area contributed by atoms with Gasteiger partial charge in [0, 0.05) is 16.5 Å². The molecular weight excluding hydrogens is 356 g/mol. The largest absolute Gasteiger partial charge is 0.269 e.